The van der Waals surface area contributed by atoms with Crippen LogP contribution in [-0.4, -0.2) is 40.8 Å². The minimum atomic E-state index is -4.67. The molecule has 0 aliphatic heterocycles. The van der Waals surface area contributed by atoms with E-state index in [1.54, 1.807) is 23.1 Å². The number of hydrogen-bond acceptors (Lipinski definition) is 6. The molecule has 1 heterocycles. The van der Waals surface area contributed by atoms with Gasteiger partial charge in [-0.2, -0.15) is 20.2 Å². The van der Waals surface area contributed by atoms with Crippen LogP contribution in [0.15, 0.2) is 11.6 Å². The topological polar surface area (TPSA) is 149 Å². The van der Waals surface area contributed by atoms with E-state index >= 15 is 0 Å². The van der Waals surface area contributed by atoms with E-state index in [9.17, 15) is 0 Å². The molecule has 1 aromatic heterocycles. The molecule has 104 valence electrons. The Bertz CT molecular complexity index is 426. The summed E-state index contributed by atoms with van der Waals surface area (Å²) in [7, 11) is -4.67. The number of thioether (sulfide) groups is 1. The van der Waals surface area contributed by atoms with Crippen LogP contribution in [0.25, 0.3) is 0 Å². The molecule has 0 aliphatic rings. The van der Waals surface area contributed by atoms with Crippen molar-refractivity contribution in [1.29, 1.82) is 5.41 Å². The summed E-state index contributed by atoms with van der Waals surface area (Å²) in [6, 6.07) is 0. The van der Waals surface area contributed by atoms with E-state index in [1.165, 1.54) is 0 Å². The molecule has 0 spiro atoms. The lowest BCUT2D eigenvalue weighted by atomic mass is 10.7. The van der Waals surface area contributed by atoms with E-state index in [0.29, 0.717) is 0 Å². The molecular formula is C7H14N4O4S3. The third kappa shape index (κ3) is 15.1. The van der Waals surface area contributed by atoms with Gasteiger partial charge in [0, 0.05) is 29.6 Å². The fourth-order valence-electron chi connectivity index (χ4n) is 0.742. The summed E-state index contributed by atoms with van der Waals surface area (Å²) in [4.78, 5) is 4.16. The van der Waals surface area contributed by atoms with Crippen molar-refractivity contribution in [2.45, 2.75) is 5.75 Å². The van der Waals surface area contributed by atoms with Crippen molar-refractivity contribution in [3.05, 3.63) is 16.6 Å². The Hall–Kier alpha value is -0.880. The highest BCUT2D eigenvalue weighted by molar-refractivity contribution is 7.98. The number of nitrogens with one attached hydrogen (secondary N) is 2. The van der Waals surface area contributed by atoms with E-state index in [1.807, 2.05) is 11.6 Å². The molecule has 18 heavy (non-hydrogen) atoms. The Labute approximate surface area is 113 Å². The van der Waals surface area contributed by atoms with Crippen LogP contribution in [0.1, 0.15) is 5.01 Å². The largest absolute Gasteiger partial charge is 0.394 e. The second-order valence-electron chi connectivity index (χ2n) is 2.77. The van der Waals surface area contributed by atoms with Crippen molar-refractivity contribution in [3.63, 3.8) is 0 Å². The van der Waals surface area contributed by atoms with Gasteiger partial charge in [0.25, 0.3) is 0 Å². The molecule has 0 aliphatic carbocycles. The second-order valence-corrected chi connectivity index (χ2v) is 5.75. The SMILES string of the molecule is N=C(N)NCCSCc1nccs1.O=S(=O)(O)O. The van der Waals surface area contributed by atoms with E-state index in [2.05, 4.69) is 10.3 Å². The van der Waals surface area contributed by atoms with Crippen LogP contribution in [0, 0.1) is 5.41 Å². The summed E-state index contributed by atoms with van der Waals surface area (Å²) in [6.07, 6.45) is 1.81. The highest BCUT2D eigenvalue weighted by Crippen LogP contribution is 2.13. The van der Waals surface area contributed by atoms with Gasteiger partial charge in [0.15, 0.2) is 5.96 Å². The molecule has 0 bridgehead atoms. The molecular weight excluding hydrogens is 300 g/mol. The van der Waals surface area contributed by atoms with Gasteiger partial charge in [0.1, 0.15) is 5.01 Å². The van der Waals surface area contributed by atoms with Crippen LogP contribution in [-0.2, 0) is 16.2 Å². The van der Waals surface area contributed by atoms with E-state index in [0.717, 1.165) is 23.1 Å². The average Bonchev–Trinajstić information content (AvgIpc) is 2.66. The number of aromatic nitrogens is 1. The minimum absolute atomic E-state index is 0.0369. The zero-order valence-corrected chi connectivity index (χ0v) is 11.7. The first-order valence-corrected chi connectivity index (χ1v) is 7.96. The zero-order chi connectivity index (χ0) is 14.0. The molecule has 11 heteroatoms. The summed E-state index contributed by atoms with van der Waals surface area (Å²) in [5.74, 6) is 1.92. The van der Waals surface area contributed by atoms with Crippen molar-refractivity contribution >= 4 is 39.5 Å². The fraction of sp³-hybridized carbons (Fsp3) is 0.429. The Morgan fingerprint density at radius 3 is 2.67 bits per heavy atom. The summed E-state index contributed by atoms with van der Waals surface area (Å²) in [5, 5.41) is 12.8. The van der Waals surface area contributed by atoms with E-state index in [-0.39, 0.29) is 5.96 Å². The van der Waals surface area contributed by atoms with Gasteiger partial charge in [-0.25, -0.2) is 4.98 Å². The van der Waals surface area contributed by atoms with Gasteiger partial charge in [-0.15, -0.1) is 11.3 Å². The average molecular weight is 314 g/mol. The van der Waals surface area contributed by atoms with Crippen molar-refractivity contribution < 1.29 is 17.5 Å². The van der Waals surface area contributed by atoms with Crippen molar-refractivity contribution in [2.75, 3.05) is 12.3 Å². The number of nitrogens with zero attached hydrogens (tertiary/aromatic N) is 1. The monoisotopic (exact) mass is 314 g/mol. The third-order valence-corrected chi connectivity index (χ3v) is 3.20. The summed E-state index contributed by atoms with van der Waals surface area (Å²) in [6.45, 7) is 0.741. The number of nitrogens with two attached hydrogens (primary N) is 1. The third-order valence-electron chi connectivity index (χ3n) is 1.27. The number of rotatable bonds is 5. The second kappa shape index (κ2) is 9.10. The van der Waals surface area contributed by atoms with Gasteiger partial charge in [0.05, 0.1) is 0 Å². The van der Waals surface area contributed by atoms with Gasteiger partial charge in [-0.1, -0.05) is 0 Å². The van der Waals surface area contributed by atoms with Crippen LogP contribution in [0.4, 0.5) is 0 Å². The molecule has 0 saturated carbocycles. The molecule has 0 amide bonds. The van der Waals surface area contributed by atoms with Crippen LogP contribution in [0.2, 0.25) is 0 Å². The molecule has 0 aromatic carbocycles. The smallest absolute Gasteiger partial charge is 0.370 e. The number of hydrogen-bond donors (Lipinski definition) is 5. The highest BCUT2D eigenvalue weighted by Gasteiger charge is 1.95. The first-order valence-electron chi connectivity index (χ1n) is 4.53. The van der Waals surface area contributed by atoms with E-state index < -0.39 is 10.4 Å². The number of thiazole rings is 1. The molecule has 6 N–H and O–H groups in total. The van der Waals surface area contributed by atoms with Crippen LogP contribution < -0.4 is 11.1 Å². The summed E-state index contributed by atoms with van der Waals surface area (Å²) in [5.41, 5.74) is 5.12. The van der Waals surface area contributed by atoms with Crippen LogP contribution in [0.5, 0.6) is 0 Å². The Morgan fingerprint density at radius 2 is 2.22 bits per heavy atom. The lowest BCUT2D eigenvalue weighted by Gasteiger charge is -2.01. The van der Waals surface area contributed by atoms with E-state index in [4.69, 9.17) is 28.7 Å². The van der Waals surface area contributed by atoms with Crippen LogP contribution in [0.3, 0.4) is 0 Å². The van der Waals surface area contributed by atoms with Gasteiger partial charge in [-0.05, 0) is 0 Å². The lowest BCUT2D eigenvalue weighted by Crippen LogP contribution is -2.31. The standard InChI is InChI=1S/C7H12N4S2.H2O4S/c8-7(9)11-1-3-12-5-6-10-2-4-13-6;1-5(2,3)4/h2,4H,1,3,5H2,(H4,8,9,11);(H2,1,2,3,4). The lowest BCUT2D eigenvalue weighted by molar-refractivity contribution is 0.381. The molecule has 0 fully saturated rings. The quantitative estimate of drug-likeness (QED) is 0.224. The minimum Gasteiger partial charge on any atom is -0.370 e. The van der Waals surface area contributed by atoms with Crippen molar-refractivity contribution in [3.8, 4) is 0 Å². The maximum atomic E-state index is 8.74. The maximum Gasteiger partial charge on any atom is 0.394 e. The fourth-order valence-corrected chi connectivity index (χ4v) is 2.30. The van der Waals surface area contributed by atoms with Crippen molar-refractivity contribution in [1.82, 2.24) is 10.3 Å². The first kappa shape index (κ1) is 17.1. The molecule has 0 atom stereocenters. The predicted molar refractivity (Wildman–Crippen MR) is 72.4 cm³/mol. The Balaban J connectivity index is 0.000000494. The van der Waals surface area contributed by atoms with Gasteiger partial charge in [0.2, 0.25) is 0 Å². The maximum absolute atomic E-state index is 8.74. The molecule has 0 radical (unpaired) electrons. The van der Waals surface area contributed by atoms with Crippen LogP contribution >= 0.6 is 23.1 Å². The Morgan fingerprint density at radius 1 is 1.61 bits per heavy atom. The predicted octanol–water partition coefficient (Wildman–Crippen LogP) is 0.207. The first-order chi connectivity index (χ1) is 8.29. The summed E-state index contributed by atoms with van der Waals surface area (Å²) >= 11 is 3.45. The normalized spacial score (nSPS) is 10.3. The molecule has 0 unspecified atom stereocenters. The zero-order valence-electron chi connectivity index (χ0n) is 9.24. The molecule has 8 nitrogen and oxygen atoms in total. The van der Waals surface area contributed by atoms with Gasteiger partial charge in [-0.3, -0.25) is 14.5 Å². The van der Waals surface area contributed by atoms with Gasteiger partial charge < -0.3 is 11.1 Å². The Kier molecular flexibility index (Phi) is 8.66. The molecule has 1 aromatic rings. The van der Waals surface area contributed by atoms with Gasteiger partial charge >= 0.3 is 10.4 Å². The molecule has 1 rings (SSSR count). The summed E-state index contributed by atoms with van der Waals surface area (Å²) < 4.78 is 31.6. The van der Waals surface area contributed by atoms with Crippen molar-refractivity contribution in [2.24, 2.45) is 5.73 Å². The number of guanidine groups is 1. The highest BCUT2D eigenvalue weighted by atomic mass is 32.3. The molecule has 0 saturated heterocycles.